The van der Waals surface area contributed by atoms with Crippen molar-refractivity contribution in [2.45, 2.75) is 0 Å². The molecule has 0 fully saturated rings. The number of carbonyl (C=O) groups excluding carboxylic acids is 1. The van der Waals surface area contributed by atoms with Gasteiger partial charge in [-0.15, -0.1) is 0 Å². The summed E-state index contributed by atoms with van der Waals surface area (Å²) in [6.45, 7) is 0.0208. The third kappa shape index (κ3) is 1.43. The van der Waals surface area contributed by atoms with E-state index in [9.17, 15) is 0 Å². The monoisotopic (exact) mass is 63.0 g/mol. The minimum absolute atomic E-state index is 0.0208. The van der Waals surface area contributed by atoms with Crippen LogP contribution in [0.5, 0.6) is 0 Å². The van der Waals surface area contributed by atoms with Crippen molar-refractivity contribution in [3.8, 4) is 0 Å². The summed E-state index contributed by atoms with van der Waals surface area (Å²) in [5.41, 5.74) is 0. The topological polar surface area (TPSA) is 46.5 Å². The smallest absolute Gasteiger partial charge is 0.304 e. The van der Waals surface area contributed by atoms with Gasteiger partial charge in [0.15, 0.2) is 0 Å². The molecule has 0 aromatic heterocycles. The SMILES string of the molecule is [2H]OOC=O. The molecule has 3 heteroatoms. The molecule has 0 heterocycles. The molecule has 0 atom stereocenters. The van der Waals surface area contributed by atoms with Gasteiger partial charge in [0.2, 0.25) is 0 Å². The minimum Gasteiger partial charge on any atom is -0.304 e. The Morgan fingerprint density at radius 1 is 2.50 bits per heavy atom. The van der Waals surface area contributed by atoms with Crippen molar-refractivity contribution in [2.75, 3.05) is 0 Å². The van der Waals surface area contributed by atoms with Gasteiger partial charge in [0, 0.05) is 0 Å². The molecule has 0 amide bonds. The van der Waals surface area contributed by atoms with Gasteiger partial charge in [-0.1, -0.05) is 0 Å². The molecule has 0 spiro atoms. The number of carbonyl (C=O) groups is 1. The molecule has 3 nitrogen and oxygen atoms in total. The van der Waals surface area contributed by atoms with E-state index in [0.717, 1.165) is 0 Å². The Kier molecular flexibility index (Phi) is 1.05. The predicted octanol–water partition coefficient (Wildman–Crippen LogP) is -0.368. The third-order valence-corrected chi connectivity index (χ3v) is 0.0393. The zero-order valence-electron chi connectivity index (χ0n) is 2.80. The third-order valence-electron chi connectivity index (χ3n) is 0.0393. The van der Waals surface area contributed by atoms with E-state index in [2.05, 4.69) is 10.1 Å². The van der Waals surface area contributed by atoms with Crippen molar-refractivity contribution in [2.24, 2.45) is 0 Å². The van der Waals surface area contributed by atoms with Crippen molar-refractivity contribution >= 4 is 6.47 Å². The molecular weight excluding hydrogens is 60.0 g/mol. The number of hydrogen-bond donors (Lipinski definition) is 1. The van der Waals surface area contributed by atoms with Crippen LogP contribution in [0.3, 0.4) is 0 Å². The summed E-state index contributed by atoms with van der Waals surface area (Å²) in [7, 11) is 0. The van der Waals surface area contributed by atoms with Crippen molar-refractivity contribution in [3.05, 3.63) is 0 Å². The lowest BCUT2D eigenvalue weighted by atomic mass is 11.7. The van der Waals surface area contributed by atoms with Crippen molar-refractivity contribution in [3.63, 3.8) is 0 Å². The summed E-state index contributed by atoms with van der Waals surface area (Å²) in [4.78, 5) is 12.3. The number of rotatable bonds is 2. The summed E-state index contributed by atoms with van der Waals surface area (Å²) in [5.74, 6) is 0. The van der Waals surface area contributed by atoms with Crippen LogP contribution in [0.2, 0.25) is 0 Å². The first-order chi connectivity index (χ1) is 2.41. The van der Waals surface area contributed by atoms with Crippen LogP contribution in [0.4, 0.5) is 0 Å². The van der Waals surface area contributed by atoms with Gasteiger partial charge in [-0.2, -0.15) is 0 Å². The average molecular weight is 63.0 g/mol. The van der Waals surface area contributed by atoms with E-state index in [1.54, 1.807) is 0 Å². The first-order valence-corrected chi connectivity index (χ1v) is 0.638. The maximum Gasteiger partial charge on any atom is 0.330 e. The van der Waals surface area contributed by atoms with Crippen LogP contribution in [-0.2, 0) is 9.68 Å². The summed E-state index contributed by atoms with van der Waals surface area (Å²) in [6, 6.07) is 0. The number of hydrogen-bond acceptors (Lipinski definition) is 3. The zero-order valence-corrected chi connectivity index (χ0v) is 1.80. The molecule has 0 rings (SSSR count). The molecule has 0 saturated carbocycles. The van der Waals surface area contributed by atoms with E-state index in [1.807, 2.05) is 0 Å². The van der Waals surface area contributed by atoms with E-state index in [1.165, 1.54) is 0 Å². The van der Waals surface area contributed by atoms with Gasteiger partial charge in [0.25, 0.3) is 1.43 Å². The van der Waals surface area contributed by atoms with Crippen LogP contribution in [0.25, 0.3) is 1.43 Å². The minimum atomic E-state index is 0.0208. The lowest BCUT2D eigenvalue weighted by Gasteiger charge is -1.63. The Hall–Kier alpha value is -0.570. The maximum atomic E-state index is 8.94. The highest BCUT2D eigenvalue weighted by atomic mass is 17.1. The molecule has 0 aliphatic heterocycles. The molecule has 0 saturated heterocycles. The van der Waals surface area contributed by atoms with Gasteiger partial charge in [0.1, 0.15) is 0 Å². The lowest BCUT2D eigenvalue weighted by Crippen LogP contribution is -1.69. The van der Waals surface area contributed by atoms with Crippen LogP contribution in [0, 0.1) is 0 Å². The summed E-state index contributed by atoms with van der Waals surface area (Å²) in [5, 5.41) is 3.07. The summed E-state index contributed by atoms with van der Waals surface area (Å²) >= 11 is 0. The fraction of sp³-hybridized carbons (Fsp3) is 0. The van der Waals surface area contributed by atoms with E-state index in [-0.39, 0.29) is 6.47 Å². The Morgan fingerprint density at radius 2 is 3.25 bits per heavy atom. The molecule has 24 valence electrons. The van der Waals surface area contributed by atoms with Gasteiger partial charge in [-0.25, -0.2) is 5.26 Å². The Morgan fingerprint density at radius 3 is 3.25 bits per heavy atom. The highest BCUT2D eigenvalue weighted by Crippen LogP contribution is 1.33. The molecule has 0 bridgehead atoms. The summed E-state index contributed by atoms with van der Waals surface area (Å²) < 4.78 is 5.65. The highest BCUT2D eigenvalue weighted by Gasteiger charge is 1.47. The molecule has 4 heavy (non-hydrogen) atoms. The molecule has 0 unspecified atom stereocenters. The van der Waals surface area contributed by atoms with Crippen LogP contribution in [0.15, 0.2) is 0 Å². The van der Waals surface area contributed by atoms with Crippen LogP contribution < -0.4 is 0 Å². The Labute approximate surface area is 24.2 Å². The van der Waals surface area contributed by atoms with E-state index >= 15 is 0 Å². The van der Waals surface area contributed by atoms with Crippen LogP contribution in [0.1, 0.15) is 0 Å². The second-order valence-corrected chi connectivity index (χ2v) is 0.192. The molecule has 0 radical (unpaired) electrons. The molecule has 0 aromatic rings. The lowest BCUT2D eigenvalue weighted by molar-refractivity contribution is -0.217. The first-order valence-electron chi connectivity index (χ1n) is 1.05. The van der Waals surface area contributed by atoms with Gasteiger partial charge < -0.3 is 4.89 Å². The fourth-order valence-electron chi connectivity index (χ4n) is 0. The van der Waals surface area contributed by atoms with Gasteiger partial charge in [-0.05, 0) is 0 Å². The molecule has 0 aromatic carbocycles. The maximum absolute atomic E-state index is 8.94. The average Bonchev–Trinajstić information content (AvgIpc) is 1.41. The molecule has 1 N–H and O–H groups in total. The van der Waals surface area contributed by atoms with Gasteiger partial charge >= 0.3 is 6.47 Å². The highest BCUT2D eigenvalue weighted by molar-refractivity contribution is 5.35. The first kappa shape index (κ1) is 1.72. The Balaban J connectivity index is 2.40. The standard InChI is InChI=1S/CH2O3/c2-1-4-3/h1,3H/i/hD. The van der Waals surface area contributed by atoms with E-state index in [0.29, 0.717) is 0 Å². The van der Waals surface area contributed by atoms with Gasteiger partial charge in [-0.3, -0.25) is 4.79 Å². The molecule has 0 aliphatic rings. The molecular formula is CH2O3. The second kappa shape index (κ2) is 2.43. The molecule has 0 aliphatic carbocycles. The van der Waals surface area contributed by atoms with Crippen molar-refractivity contribution in [1.29, 1.82) is 1.43 Å². The predicted molar refractivity (Wildman–Crippen MR) is 9.78 cm³/mol. The Bertz CT molecular complexity index is 28.1. The largest absolute Gasteiger partial charge is 0.330 e. The van der Waals surface area contributed by atoms with Crippen molar-refractivity contribution < 1.29 is 14.9 Å². The fourth-order valence-corrected chi connectivity index (χ4v) is 0. The normalized spacial score (nSPS) is 8.50. The van der Waals surface area contributed by atoms with Crippen molar-refractivity contribution in [1.82, 2.24) is 0 Å². The van der Waals surface area contributed by atoms with Gasteiger partial charge in [0.05, 0.1) is 0 Å². The van der Waals surface area contributed by atoms with Crippen LogP contribution >= 0.6 is 0 Å². The second-order valence-electron chi connectivity index (χ2n) is 0.192. The van der Waals surface area contributed by atoms with E-state index in [4.69, 9.17) is 6.23 Å². The van der Waals surface area contributed by atoms with E-state index < -0.39 is 0 Å². The zero-order chi connectivity index (χ0) is 4.12. The summed E-state index contributed by atoms with van der Waals surface area (Å²) in [6.07, 6.45) is 0. The quantitative estimate of drug-likeness (QED) is 0.270. The van der Waals surface area contributed by atoms with Crippen LogP contribution in [-0.4, -0.2) is 11.7 Å².